The van der Waals surface area contributed by atoms with Crippen LogP contribution in [0.5, 0.6) is 0 Å². The highest BCUT2D eigenvalue weighted by Crippen LogP contribution is 2.12. The maximum absolute atomic E-state index is 3.89. The van der Waals surface area contributed by atoms with Crippen LogP contribution in [0.25, 0.3) is 6.08 Å². The zero-order valence-corrected chi connectivity index (χ0v) is 17.3. The van der Waals surface area contributed by atoms with Crippen molar-refractivity contribution in [1.82, 2.24) is 0 Å². The third-order valence-electron chi connectivity index (χ3n) is 4.94. The van der Waals surface area contributed by atoms with E-state index in [0.717, 1.165) is 6.54 Å². The molecule has 0 radical (unpaired) electrons. The third-order valence-corrected chi connectivity index (χ3v) is 4.94. The summed E-state index contributed by atoms with van der Waals surface area (Å²) < 4.78 is 2.31. The Morgan fingerprint density at radius 1 is 0.760 bits per heavy atom. The van der Waals surface area contributed by atoms with Crippen LogP contribution < -0.4 is 17.0 Å². The molecule has 2 heteroatoms. The SMILES string of the molecule is C=Cc1cccc[n+]1CCCCCCCCCCCCCCCC.[Cl-]. The molecule has 0 aliphatic carbocycles. The molecule has 0 aliphatic heterocycles. The lowest BCUT2D eigenvalue weighted by Gasteiger charge is -2.03. The number of halogens is 1. The monoisotopic (exact) mass is 365 g/mol. The lowest BCUT2D eigenvalue weighted by Crippen LogP contribution is -3.00. The first-order valence-electron chi connectivity index (χ1n) is 10.5. The molecule has 1 aromatic heterocycles. The first kappa shape index (κ1) is 24.2. The van der Waals surface area contributed by atoms with Gasteiger partial charge in [-0.15, -0.1) is 0 Å². The summed E-state index contributed by atoms with van der Waals surface area (Å²) in [6.45, 7) is 7.30. The fourth-order valence-corrected chi connectivity index (χ4v) is 3.36. The van der Waals surface area contributed by atoms with Crippen LogP contribution >= 0.6 is 0 Å². The number of hydrogen-bond acceptors (Lipinski definition) is 0. The van der Waals surface area contributed by atoms with Crippen LogP contribution in [0, 0.1) is 0 Å². The van der Waals surface area contributed by atoms with Crippen LogP contribution in [0.1, 0.15) is 103 Å². The van der Waals surface area contributed by atoms with Gasteiger partial charge >= 0.3 is 0 Å². The van der Waals surface area contributed by atoms with E-state index in [1.807, 2.05) is 6.08 Å². The van der Waals surface area contributed by atoms with Gasteiger partial charge in [0.1, 0.15) is 6.54 Å². The first-order valence-corrected chi connectivity index (χ1v) is 10.5. The van der Waals surface area contributed by atoms with Gasteiger partial charge in [0, 0.05) is 24.6 Å². The Morgan fingerprint density at radius 3 is 1.72 bits per heavy atom. The standard InChI is InChI=1S/C23H40N.ClH/c1-3-5-6-7-8-9-10-11-12-13-14-15-16-18-21-24-22-19-17-20-23(24)4-2;/h4,17,19-20,22H,2-3,5-16,18,21H2,1H3;1H/q+1;/p-1. The van der Waals surface area contributed by atoms with Gasteiger partial charge in [-0.2, -0.15) is 4.57 Å². The van der Waals surface area contributed by atoms with Crippen LogP contribution in [-0.2, 0) is 6.54 Å². The van der Waals surface area contributed by atoms with E-state index < -0.39 is 0 Å². The molecule has 25 heavy (non-hydrogen) atoms. The minimum atomic E-state index is 0. The summed E-state index contributed by atoms with van der Waals surface area (Å²) in [6, 6.07) is 6.33. The minimum Gasteiger partial charge on any atom is -1.00 e. The Bertz CT molecular complexity index is 416. The molecule has 1 heterocycles. The summed E-state index contributed by atoms with van der Waals surface area (Å²) >= 11 is 0. The van der Waals surface area contributed by atoms with E-state index in [2.05, 4.69) is 42.5 Å². The second-order valence-corrected chi connectivity index (χ2v) is 7.12. The molecular formula is C23H40ClN. The smallest absolute Gasteiger partial charge is 0.204 e. The van der Waals surface area contributed by atoms with Gasteiger partial charge in [0.05, 0.1) is 0 Å². The van der Waals surface area contributed by atoms with E-state index in [9.17, 15) is 0 Å². The minimum absolute atomic E-state index is 0. The van der Waals surface area contributed by atoms with Crippen LogP contribution in [0.2, 0.25) is 0 Å². The average molecular weight is 366 g/mol. The molecule has 0 aliphatic rings. The largest absolute Gasteiger partial charge is 1.00 e. The molecule has 0 spiro atoms. The number of nitrogens with zero attached hydrogens (tertiary/aromatic N) is 1. The highest BCUT2D eigenvalue weighted by Gasteiger charge is 2.04. The van der Waals surface area contributed by atoms with E-state index in [1.165, 1.54) is 95.6 Å². The molecular weight excluding hydrogens is 326 g/mol. The normalized spacial score (nSPS) is 10.4. The highest BCUT2D eigenvalue weighted by atomic mass is 35.5. The summed E-state index contributed by atoms with van der Waals surface area (Å²) in [5.41, 5.74) is 1.23. The second-order valence-electron chi connectivity index (χ2n) is 7.12. The van der Waals surface area contributed by atoms with E-state index in [1.54, 1.807) is 0 Å². The van der Waals surface area contributed by atoms with Gasteiger partial charge in [-0.1, -0.05) is 90.6 Å². The summed E-state index contributed by atoms with van der Waals surface area (Å²) in [6.07, 6.45) is 24.0. The van der Waals surface area contributed by atoms with Crippen LogP contribution in [-0.4, -0.2) is 0 Å². The highest BCUT2D eigenvalue weighted by molar-refractivity contribution is 5.36. The number of rotatable bonds is 16. The van der Waals surface area contributed by atoms with Crippen LogP contribution in [0.15, 0.2) is 31.0 Å². The molecule has 1 nitrogen and oxygen atoms in total. The fraction of sp³-hybridized carbons (Fsp3) is 0.696. The summed E-state index contributed by atoms with van der Waals surface area (Å²) in [5, 5.41) is 0. The second kappa shape index (κ2) is 18.0. The van der Waals surface area contributed by atoms with Crippen molar-refractivity contribution in [2.75, 3.05) is 0 Å². The maximum Gasteiger partial charge on any atom is 0.204 e. The van der Waals surface area contributed by atoms with Gasteiger partial charge in [0.15, 0.2) is 6.20 Å². The van der Waals surface area contributed by atoms with Gasteiger partial charge in [0.25, 0.3) is 0 Å². The molecule has 0 amide bonds. The number of aryl methyl sites for hydroxylation is 1. The van der Waals surface area contributed by atoms with Crippen molar-refractivity contribution in [3.05, 3.63) is 36.7 Å². The Labute approximate surface area is 163 Å². The average Bonchev–Trinajstić information content (AvgIpc) is 2.62. The van der Waals surface area contributed by atoms with Crippen LogP contribution in [0.4, 0.5) is 0 Å². The van der Waals surface area contributed by atoms with Crippen LogP contribution in [0.3, 0.4) is 0 Å². The number of pyridine rings is 1. The van der Waals surface area contributed by atoms with Gasteiger partial charge in [-0.05, 0) is 12.5 Å². The molecule has 0 fully saturated rings. The Hall–Kier alpha value is -0.820. The van der Waals surface area contributed by atoms with Gasteiger partial charge in [0.2, 0.25) is 5.69 Å². The lowest BCUT2D eigenvalue weighted by atomic mass is 10.0. The summed E-state index contributed by atoms with van der Waals surface area (Å²) in [7, 11) is 0. The van der Waals surface area contributed by atoms with Gasteiger partial charge in [-0.3, -0.25) is 0 Å². The van der Waals surface area contributed by atoms with Crippen molar-refractivity contribution in [2.45, 2.75) is 103 Å². The van der Waals surface area contributed by atoms with E-state index in [0.29, 0.717) is 0 Å². The quantitative estimate of drug-likeness (QED) is 0.306. The lowest BCUT2D eigenvalue weighted by molar-refractivity contribution is -0.699. The molecule has 0 atom stereocenters. The van der Waals surface area contributed by atoms with Crippen molar-refractivity contribution in [1.29, 1.82) is 0 Å². The molecule has 1 aromatic rings. The number of hydrogen-bond donors (Lipinski definition) is 0. The van der Waals surface area contributed by atoms with E-state index in [-0.39, 0.29) is 12.4 Å². The predicted octanol–water partition coefficient (Wildman–Crippen LogP) is 4.10. The molecule has 144 valence electrons. The fourth-order valence-electron chi connectivity index (χ4n) is 3.36. The molecule has 1 rings (SSSR count). The third kappa shape index (κ3) is 13.1. The predicted molar refractivity (Wildman–Crippen MR) is 107 cm³/mol. The molecule has 0 bridgehead atoms. The maximum atomic E-state index is 3.89. The molecule has 0 saturated carbocycles. The van der Waals surface area contributed by atoms with Crippen molar-refractivity contribution in [3.8, 4) is 0 Å². The van der Waals surface area contributed by atoms with Crippen molar-refractivity contribution < 1.29 is 17.0 Å². The molecule has 0 N–H and O–H groups in total. The zero-order valence-electron chi connectivity index (χ0n) is 16.5. The molecule has 0 aromatic carbocycles. The van der Waals surface area contributed by atoms with Crippen molar-refractivity contribution >= 4 is 6.08 Å². The molecule has 0 unspecified atom stereocenters. The number of aromatic nitrogens is 1. The Kier molecular flexibility index (Phi) is 17.4. The topological polar surface area (TPSA) is 3.88 Å². The van der Waals surface area contributed by atoms with Crippen molar-refractivity contribution in [3.63, 3.8) is 0 Å². The van der Waals surface area contributed by atoms with E-state index >= 15 is 0 Å². The Morgan fingerprint density at radius 2 is 1.24 bits per heavy atom. The summed E-state index contributed by atoms with van der Waals surface area (Å²) in [4.78, 5) is 0. The Balaban J connectivity index is 0.00000576. The van der Waals surface area contributed by atoms with Gasteiger partial charge in [-0.25, -0.2) is 0 Å². The zero-order chi connectivity index (χ0) is 17.3. The van der Waals surface area contributed by atoms with E-state index in [4.69, 9.17) is 0 Å². The first-order chi connectivity index (χ1) is 11.9. The number of unbranched alkanes of at least 4 members (excludes halogenated alkanes) is 13. The molecule has 0 saturated heterocycles. The van der Waals surface area contributed by atoms with Gasteiger partial charge < -0.3 is 12.4 Å². The summed E-state index contributed by atoms with van der Waals surface area (Å²) in [5.74, 6) is 0. The van der Waals surface area contributed by atoms with Crippen molar-refractivity contribution in [2.24, 2.45) is 0 Å².